The minimum absolute atomic E-state index is 0.0741. The lowest BCUT2D eigenvalue weighted by Gasteiger charge is -2.54. The average molecular weight is 638 g/mol. The third-order valence-corrected chi connectivity index (χ3v) is 8.95. The molecule has 2 fully saturated rings. The minimum atomic E-state index is -0.515. The summed E-state index contributed by atoms with van der Waals surface area (Å²) >= 11 is 0. The molecule has 0 unspecified atom stereocenters. The summed E-state index contributed by atoms with van der Waals surface area (Å²) in [6.07, 6.45) is 6.34. The highest BCUT2D eigenvalue weighted by Crippen LogP contribution is 2.44. The normalized spacial score (nSPS) is 18.4. The van der Waals surface area contributed by atoms with E-state index in [1.807, 2.05) is 48.5 Å². The zero-order valence-electron chi connectivity index (χ0n) is 28.3. The van der Waals surface area contributed by atoms with Gasteiger partial charge in [0.25, 0.3) is 11.8 Å². The predicted octanol–water partition coefficient (Wildman–Crippen LogP) is 5.53. The third-order valence-electron chi connectivity index (χ3n) is 8.95. The van der Waals surface area contributed by atoms with Crippen molar-refractivity contribution < 1.29 is 23.5 Å². The molecule has 1 spiro atoms. The van der Waals surface area contributed by atoms with Crippen LogP contribution in [0.3, 0.4) is 0 Å². The summed E-state index contributed by atoms with van der Waals surface area (Å²) in [5, 5.41) is 8.16. The second-order valence-corrected chi connectivity index (χ2v) is 14.4. The van der Waals surface area contributed by atoms with Crippen LogP contribution in [0.5, 0.6) is 11.6 Å². The third kappa shape index (κ3) is 7.76. The predicted molar refractivity (Wildman–Crippen MR) is 174 cm³/mol. The van der Waals surface area contributed by atoms with Gasteiger partial charge >= 0.3 is 6.09 Å². The first kappa shape index (κ1) is 33.6. The molecule has 0 atom stereocenters. The van der Waals surface area contributed by atoms with Gasteiger partial charge in [0.05, 0.1) is 5.56 Å². The molecule has 0 saturated carbocycles. The van der Waals surface area contributed by atoms with Crippen molar-refractivity contribution in [2.45, 2.75) is 85.4 Å². The van der Waals surface area contributed by atoms with Crippen LogP contribution in [0.1, 0.15) is 78.1 Å². The largest absolute Gasteiger partial charge is 0.444 e. The van der Waals surface area contributed by atoms with E-state index < -0.39 is 11.4 Å². The number of carbonyl (C=O) groups is 2. The Balaban J connectivity index is 1.18. The molecule has 250 valence electrons. The second-order valence-electron chi connectivity index (χ2n) is 14.4. The Labute approximate surface area is 271 Å². The van der Waals surface area contributed by atoms with E-state index in [9.17, 15) is 14.0 Å². The van der Waals surface area contributed by atoms with Crippen LogP contribution >= 0.6 is 0 Å². The molecular weight excluding hydrogens is 589 g/mol. The van der Waals surface area contributed by atoms with Crippen molar-refractivity contribution in [1.82, 2.24) is 29.9 Å². The number of rotatable bonds is 8. The standard InChI is InChI=1S/C34H48FN7O4/c1-23(2)42(24(3)4)31(43)27-18-26(35)8-9-28(27)45-30-29(36-22-37-38-30)41-20-34(21-41)12-16-39(17-13-34)19-25-10-14-40(15-11-25)32(44)46-33(5,6)7/h8-10,18,22-24H,11-17,19-21H2,1-7H3. The molecule has 2 aromatic rings. The van der Waals surface area contributed by atoms with Gasteiger partial charge < -0.3 is 24.2 Å². The number of halogens is 1. The van der Waals surface area contributed by atoms with Crippen LogP contribution in [0, 0.1) is 11.2 Å². The fourth-order valence-electron chi connectivity index (χ4n) is 6.66. The van der Waals surface area contributed by atoms with E-state index in [1.54, 1.807) is 9.80 Å². The number of carbonyl (C=O) groups excluding carboxylic acids is 2. The van der Waals surface area contributed by atoms with Gasteiger partial charge in [-0.25, -0.2) is 14.2 Å². The van der Waals surface area contributed by atoms with Gasteiger partial charge in [-0.2, -0.15) is 0 Å². The van der Waals surface area contributed by atoms with Gasteiger partial charge in [-0.05, 0) is 99.0 Å². The summed E-state index contributed by atoms with van der Waals surface area (Å²) in [7, 11) is 0. The lowest BCUT2D eigenvalue weighted by molar-refractivity contribution is 0.0262. The zero-order valence-corrected chi connectivity index (χ0v) is 28.3. The first-order chi connectivity index (χ1) is 21.7. The molecule has 4 heterocycles. The fourth-order valence-corrected chi connectivity index (χ4v) is 6.66. The summed E-state index contributed by atoms with van der Waals surface area (Å²) in [6, 6.07) is 3.80. The molecule has 1 aromatic carbocycles. The molecule has 11 nitrogen and oxygen atoms in total. The highest BCUT2D eigenvalue weighted by Gasteiger charge is 2.46. The molecule has 0 N–H and O–H groups in total. The van der Waals surface area contributed by atoms with E-state index in [1.165, 1.54) is 30.1 Å². The zero-order chi connectivity index (χ0) is 33.2. The van der Waals surface area contributed by atoms with Gasteiger partial charge in [0.15, 0.2) is 5.82 Å². The highest BCUT2D eigenvalue weighted by molar-refractivity contribution is 5.97. The lowest BCUT2D eigenvalue weighted by atomic mass is 9.72. The molecule has 46 heavy (non-hydrogen) atoms. The number of likely N-dealkylation sites (tertiary alicyclic amines) is 1. The molecule has 12 heteroatoms. The number of hydrogen-bond donors (Lipinski definition) is 0. The van der Waals surface area contributed by atoms with E-state index in [0.29, 0.717) is 18.9 Å². The Kier molecular flexibility index (Phi) is 9.86. The van der Waals surface area contributed by atoms with Crippen LogP contribution in [0.4, 0.5) is 15.0 Å². The Morgan fingerprint density at radius 2 is 1.76 bits per heavy atom. The van der Waals surface area contributed by atoms with Crippen molar-refractivity contribution in [1.29, 1.82) is 0 Å². The van der Waals surface area contributed by atoms with Crippen molar-refractivity contribution in [2.75, 3.05) is 50.7 Å². The van der Waals surface area contributed by atoms with Crippen LogP contribution < -0.4 is 9.64 Å². The van der Waals surface area contributed by atoms with E-state index in [0.717, 1.165) is 52.0 Å². The first-order valence-electron chi connectivity index (χ1n) is 16.3. The molecular formula is C34H48FN7O4. The van der Waals surface area contributed by atoms with Crippen LogP contribution in [0.25, 0.3) is 0 Å². The number of amides is 2. The Morgan fingerprint density at radius 3 is 2.37 bits per heavy atom. The van der Waals surface area contributed by atoms with E-state index in [-0.39, 0.29) is 46.7 Å². The number of nitrogens with zero attached hydrogens (tertiary/aromatic N) is 7. The lowest BCUT2D eigenvalue weighted by Crippen LogP contribution is -2.61. The van der Waals surface area contributed by atoms with Crippen molar-refractivity contribution in [3.8, 4) is 11.6 Å². The summed E-state index contributed by atoms with van der Waals surface area (Å²) in [6.45, 7) is 19.3. The van der Waals surface area contributed by atoms with Gasteiger partial charge in [0.1, 0.15) is 23.5 Å². The van der Waals surface area contributed by atoms with Crippen LogP contribution in [0.2, 0.25) is 0 Å². The first-order valence-corrected chi connectivity index (χ1v) is 16.3. The number of anilines is 1. The number of benzene rings is 1. The van der Waals surface area contributed by atoms with Crippen LogP contribution in [0.15, 0.2) is 36.2 Å². The average Bonchev–Trinajstić information content (AvgIpc) is 2.97. The molecule has 2 amide bonds. The molecule has 2 saturated heterocycles. The maximum absolute atomic E-state index is 14.3. The Morgan fingerprint density at radius 1 is 1.07 bits per heavy atom. The molecule has 3 aliphatic heterocycles. The van der Waals surface area contributed by atoms with Gasteiger partial charge in [-0.1, -0.05) is 11.6 Å². The summed E-state index contributed by atoms with van der Waals surface area (Å²) in [4.78, 5) is 38.5. The van der Waals surface area contributed by atoms with Gasteiger partial charge in [-0.3, -0.25) is 9.69 Å². The maximum Gasteiger partial charge on any atom is 0.410 e. The van der Waals surface area contributed by atoms with E-state index in [4.69, 9.17) is 9.47 Å². The van der Waals surface area contributed by atoms with E-state index in [2.05, 4.69) is 31.1 Å². The Bertz CT molecular complexity index is 1430. The molecule has 0 radical (unpaired) electrons. The quantitative estimate of drug-likeness (QED) is 0.346. The SMILES string of the molecule is CC(C)N(C(=O)c1cc(F)ccc1Oc1nncnc1N1CC2(CCN(CC3=CCN(C(=O)OC(C)(C)C)CC3)CC2)C1)C(C)C. The molecule has 0 aliphatic carbocycles. The molecule has 0 bridgehead atoms. The highest BCUT2D eigenvalue weighted by atomic mass is 19.1. The summed E-state index contributed by atoms with van der Waals surface area (Å²) in [5.41, 5.74) is 1.22. The number of ether oxygens (including phenoxy) is 2. The van der Waals surface area contributed by atoms with Crippen molar-refractivity contribution in [2.24, 2.45) is 5.41 Å². The Hall–Kier alpha value is -3.80. The van der Waals surface area contributed by atoms with Gasteiger partial charge in [0.2, 0.25) is 0 Å². The van der Waals surface area contributed by atoms with Gasteiger partial charge in [0, 0.05) is 50.2 Å². The number of hydrogen-bond acceptors (Lipinski definition) is 9. The monoisotopic (exact) mass is 637 g/mol. The smallest absolute Gasteiger partial charge is 0.410 e. The molecule has 1 aromatic heterocycles. The number of piperidine rings is 1. The maximum atomic E-state index is 14.3. The van der Waals surface area contributed by atoms with Crippen molar-refractivity contribution in [3.05, 3.63) is 47.6 Å². The minimum Gasteiger partial charge on any atom is -0.444 e. The van der Waals surface area contributed by atoms with Crippen LogP contribution in [-0.2, 0) is 4.74 Å². The van der Waals surface area contributed by atoms with Crippen molar-refractivity contribution >= 4 is 17.8 Å². The summed E-state index contributed by atoms with van der Waals surface area (Å²) < 4.78 is 26.0. The second kappa shape index (κ2) is 13.5. The van der Waals surface area contributed by atoms with E-state index >= 15 is 0 Å². The number of aromatic nitrogens is 3. The summed E-state index contributed by atoms with van der Waals surface area (Å²) in [5.74, 6) is 0.158. The fraction of sp³-hybridized carbons (Fsp3) is 0.618. The van der Waals surface area contributed by atoms with Gasteiger partial charge in [-0.15, -0.1) is 10.2 Å². The molecule has 5 rings (SSSR count). The topological polar surface area (TPSA) is 104 Å². The van der Waals surface area contributed by atoms with Crippen molar-refractivity contribution in [3.63, 3.8) is 0 Å². The molecule has 3 aliphatic rings. The van der Waals surface area contributed by atoms with Crippen LogP contribution in [-0.4, -0.2) is 105 Å².